The summed E-state index contributed by atoms with van der Waals surface area (Å²) in [7, 11) is -2.56. The zero-order valence-corrected chi connectivity index (χ0v) is 19.7. The Bertz CT molecular complexity index is 1160. The number of nitro groups is 1. The molecule has 0 spiro atoms. The standard InChI is InChI=1S/C20H27N5O7S/c1-5-13(2)22-33(29,30)17-12-15(25(27)28)6-7-16(17)32-20-14(3)18(21-23(20)4)19(26)24-8-10-31-11-9-24/h6-7,12-13,22H,5,8-11H2,1-4H3. The van der Waals surface area contributed by atoms with Crippen molar-refractivity contribution in [2.75, 3.05) is 26.3 Å². The van der Waals surface area contributed by atoms with Gasteiger partial charge in [-0.15, -0.1) is 0 Å². The lowest BCUT2D eigenvalue weighted by Gasteiger charge is -2.26. The van der Waals surface area contributed by atoms with Crippen LogP contribution in [0.5, 0.6) is 11.6 Å². The number of benzene rings is 1. The fourth-order valence-corrected chi connectivity index (χ4v) is 4.77. The van der Waals surface area contributed by atoms with Gasteiger partial charge in [-0.1, -0.05) is 6.92 Å². The highest BCUT2D eigenvalue weighted by Gasteiger charge is 2.29. The molecular weight excluding hydrogens is 454 g/mol. The fraction of sp³-hybridized carbons (Fsp3) is 0.500. The fourth-order valence-electron chi connectivity index (χ4n) is 3.30. The van der Waals surface area contributed by atoms with Gasteiger partial charge in [-0.3, -0.25) is 14.9 Å². The zero-order valence-electron chi connectivity index (χ0n) is 18.9. The minimum Gasteiger partial charge on any atom is -0.438 e. The molecule has 0 bridgehead atoms. The Labute approximate surface area is 191 Å². The van der Waals surface area contributed by atoms with E-state index in [-0.39, 0.29) is 28.1 Å². The number of aromatic nitrogens is 2. The Morgan fingerprint density at radius 1 is 1.36 bits per heavy atom. The first kappa shape index (κ1) is 24.6. The van der Waals surface area contributed by atoms with Crippen molar-refractivity contribution in [3.63, 3.8) is 0 Å². The van der Waals surface area contributed by atoms with Crippen LogP contribution < -0.4 is 9.46 Å². The maximum absolute atomic E-state index is 13.0. The number of nitrogens with zero attached hydrogens (tertiary/aromatic N) is 4. The van der Waals surface area contributed by atoms with E-state index in [1.54, 1.807) is 25.8 Å². The van der Waals surface area contributed by atoms with Crippen molar-refractivity contribution in [1.82, 2.24) is 19.4 Å². The van der Waals surface area contributed by atoms with Crippen molar-refractivity contribution in [3.8, 4) is 11.6 Å². The lowest BCUT2D eigenvalue weighted by Crippen LogP contribution is -2.41. The van der Waals surface area contributed by atoms with Gasteiger partial charge in [0.15, 0.2) is 5.69 Å². The normalized spacial score (nSPS) is 15.3. The molecule has 1 amide bonds. The van der Waals surface area contributed by atoms with E-state index in [4.69, 9.17) is 9.47 Å². The van der Waals surface area contributed by atoms with E-state index < -0.39 is 26.7 Å². The smallest absolute Gasteiger partial charge is 0.274 e. The molecule has 33 heavy (non-hydrogen) atoms. The van der Waals surface area contributed by atoms with E-state index in [0.717, 1.165) is 12.1 Å². The van der Waals surface area contributed by atoms with E-state index in [1.807, 2.05) is 6.92 Å². The number of carbonyl (C=O) groups excluding carboxylic acids is 1. The summed E-state index contributed by atoms with van der Waals surface area (Å²) in [6.07, 6.45) is 0.526. The second kappa shape index (κ2) is 9.85. The third-order valence-corrected chi connectivity index (χ3v) is 6.93. The number of hydrogen-bond acceptors (Lipinski definition) is 8. The number of sulfonamides is 1. The van der Waals surface area contributed by atoms with Crippen molar-refractivity contribution < 1.29 is 27.6 Å². The first-order valence-electron chi connectivity index (χ1n) is 10.4. The third kappa shape index (κ3) is 5.31. The second-order valence-electron chi connectivity index (χ2n) is 7.73. The summed E-state index contributed by atoms with van der Waals surface area (Å²) in [6.45, 7) is 6.90. The van der Waals surface area contributed by atoms with E-state index >= 15 is 0 Å². The quantitative estimate of drug-likeness (QED) is 0.445. The summed E-state index contributed by atoms with van der Waals surface area (Å²) >= 11 is 0. The number of hydrogen-bond donors (Lipinski definition) is 1. The molecule has 1 aromatic carbocycles. The number of nitro benzene ring substituents is 1. The van der Waals surface area contributed by atoms with Gasteiger partial charge in [0.05, 0.1) is 18.1 Å². The molecule has 1 unspecified atom stereocenters. The molecule has 13 heteroatoms. The molecule has 180 valence electrons. The zero-order chi connectivity index (χ0) is 24.3. The Kier molecular flexibility index (Phi) is 7.34. The van der Waals surface area contributed by atoms with Gasteiger partial charge in [-0.2, -0.15) is 5.10 Å². The third-order valence-electron chi connectivity index (χ3n) is 5.32. The molecule has 1 atom stereocenters. The van der Waals surface area contributed by atoms with Gasteiger partial charge in [0.2, 0.25) is 15.9 Å². The average Bonchev–Trinajstić information content (AvgIpc) is 3.07. The number of non-ortho nitro benzene ring substituents is 1. The molecule has 0 radical (unpaired) electrons. The molecule has 1 N–H and O–H groups in total. The summed E-state index contributed by atoms with van der Waals surface area (Å²) in [5, 5.41) is 15.5. The molecule has 1 saturated heterocycles. The van der Waals surface area contributed by atoms with Gasteiger partial charge in [0, 0.05) is 43.9 Å². The number of amides is 1. The van der Waals surface area contributed by atoms with Crippen LogP contribution in [0.2, 0.25) is 0 Å². The lowest BCUT2D eigenvalue weighted by molar-refractivity contribution is -0.385. The Morgan fingerprint density at radius 3 is 2.64 bits per heavy atom. The minimum absolute atomic E-state index is 0.118. The molecule has 1 aliphatic rings. The van der Waals surface area contributed by atoms with Gasteiger partial charge in [-0.25, -0.2) is 17.8 Å². The monoisotopic (exact) mass is 481 g/mol. The van der Waals surface area contributed by atoms with Crippen LogP contribution in [0.4, 0.5) is 5.69 Å². The lowest BCUT2D eigenvalue weighted by atomic mass is 10.2. The predicted octanol–water partition coefficient (Wildman–Crippen LogP) is 1.98. The van der Waals surface area contributed by atoms with Crippen LogP contribution in [0.1, 0.15) is 36.3 Å². The maximum Gasteiger partial charge on any atom is 0.274 e. The van der Waals surface area contributed by atoms with Gasteiger partial charge in [0.1, 0.15) is 10.6 Å². The molecular formula is C20H27N5O7S. The van der Waals surface area contributed by atoms with Crippen LogP contribution in [0.3, 0.4) is 0 Å². The first-order chi connectivity index (χ1) is 15.5. The summed E-state index contributed by atoms with van der Waals surface area (Å²) in [4.78, 5) is 24.7. The summed E-state index contributed by atoms with van der Waals surface area (Å²) in [5.41, 5.74) is 0.209. The van der Waals surface area contributed by atoms with Gasteiger partial charge < -0.3 is 14.4 Å². The highest BCUT2D eigenvalue weighted by atomic mass is 32.2. The maximum atomic E-state index is 13.0. The Hall–Kier alpha value is -3.03. The molecule has 3 rings (SSSR count). The number of morpholine rings is 1. The van der Waals surface area contributed by atoms with Crippen LogP contribution in [0.15, 0.2) is 23.1 Å². The van der Waals surface area contributed by atoms with Crippen LogP contribution in [0, 0.1) is 17.0 Å². The molecule has 12 nitrogen and oxygen atoms in total. The van der Waals surface area contributed by atoms with Crippen LogP contribution >= 0.6 is 0 Å². The highest BCUT2D eigenvalue weighted by molar-refractivity contribution is 7.89. The highest BCUT2D eigenvalue weighted by Crippen LogP contribution is 2.34. The molecule has 2 heterocycles. The Balaban J connectivity index is 2.00. The summed E-state index contributed by atoms with van der Waals surface area (Å²) in [5.74, 6) is -0.246. The molecule has 2 aromatic rings. The first-order valence-corrected chi connectivity index (χ1v) is 11.9. The second-order valence-corrected chi connectivity index (χ2v) is 9.41. The number of aryl methyl sites for hydroxylation is 1. The summed E-state index contributed by atoms with van der Waals surface area (Å²) < 4.78 is 40.9. The Morgan fingerprint density at radius 2 is 2.03 bits per heavy atom. The number of ether oxygens (including phenoxy) is 2. The van der Waals surface area contributed by atoms with Crippen molar-refractivity contribution >= 4 is 21.6 Å². The van der Waals surface area contributed by atoms with Gasteiger partial charge >= 0.3 is 0 Å². The van der Waals surface area contributed by atoms with E-state index in [0.29, 0.717) is 38.3 Å². The average molecular weight is 482 g/mol. The van der Waals surface area contributed by atoms with Crippen molar-refractivity contribution in [1.29, 1.82) is 0 Å². The van der Waals surface area contributed by atoms with Gasteiger partial charge in [-0.05, 0) is 26.3 Å². The molecule has 1 fully saturated rings. The summed E-state index contributed by atoms with van der Waals surface area (Å²) in [6, 6.07) is 2.94. The minimum atomic E-state index is -4.13. The number of carbonyl (C=O) groups is 1. The predicted molar refractivity (Wildman–Crippen MR) is 118 cm³/mol. The van der Waals surface area contributed by atoms with E-state index in [2.05, 4.69) is 9.82 Å². The van der Waals surface area contributed by atoms with Crippen LogP contribution in [-0.4, -0.2) is 66.3 Å². The van der Waals surface area contributed by atoms with Gasteiger partial charge in [0.25, 0.3) is 11.6 Å². The van der Waals surface area contributed by atoms with Crippen LogP contribution in [0.25, 0.3) is 0 Å². The topological polar surface area (TPSA) is 146 Å². The number of nitrogens with one attached hydrogen (secondary N) is 1. The van der Waals surface area contributed by atoms with Crippen LogP contribution in [-0.2, 0) is 21.8 Å². The molecule has 0 aliphatic carbocycles. The van der Waals surface area contributed by atoms with E-state index in [1.165, 1.54) is 10.7 Å². The molecule has 1 aromatic heterocycles. The number of rotatable bonds is 8. The van der Waals surface area contributed by atoms with Crippen molar-refractivity contribution in [2.45, 2.75) is 38.1 Å². The molecule has 1 aliphatic heterocycles. The van der Waals surface area contributed by atoms with Crippen molar-refractivity contribution in [2.24, 2.45) is 7.05 Å². The largest absolute Gasteiger partial charge is 0.438 e. The van der Waals surface area contributed by atoms with Crippen molar-refractivity contribution in [3.05, 3.63) is 39.6 Å². The van der Waals surface area contributed by atoms with E-state index in [9.17, 15) is 23.3 Å². The molecule has 0 saturated carbocycles. The SMILES string of the molecule is CCC(C)NS(=O)(=O)c1cc([N+](=O)[O-])ccc1Oc1c(C)c(C(=O)N2CCOCC2)nn1C.